The normalized spacial score (nSPS) is 10.7. The fraction of sp³-hybridized carbons (Fsp3) is 0.571. The van der Waals surface area contributed by atoms with Crippen LogP contribution in [0.25, 0.3) is 20.4 Å². The molecule has 0 aromatic carbocycles. The molecule has 3 heterocycles. The Morgan fingerprint density at radius 1 is 1.13 bits per heavy atom. The Hall–Kier alpha value is -2.55. The summed E-state index contributed by atoms with van der Waals surface area (Å²) in [4.78, 5) is 41.3. The summed E-state index contributed by atoms with van der Waals surface area (Å²) in [7, 11) is 4.95. The highest BCUT2D eigenvalue weighted by atomic mass is 32.1. The predicted molar refractivity (Wildman–Crippen MR) is 124 cm³/mol. The van der Waals surface area contributed by atoms with E-state index in [1.165, 1.54) is 43.9 Å². The third-order valence-electron chi connectivity index (χ3n) is 4.70. The van der Waals surface area contributed by atoms with Gasteiger partial charge in [0.25, 0.3) is 10.5 Å². The fourth-order valence-electron chi connectivity index (χ4n) is 3.13. The van der Waals surface area contributed by atoms with E-state index < -0.39 is 0 Å². The summed E-state index contributed by atoms with van der Waals surface area (Å²) in [6, 6.07) is 0. The van der Waals surface area contributed by atoms with Crippen LogP contribution in [0, 0.1) is 4.91 Å². The molecule has 9 heteroatoms. The van der Waals surface area contributed by atoms with Crippen LogP contribution in [0.3, 0.4) is 0 Å². The van der Waals surface area contributed by atoms with Crippen LogP contribution in [-0.2, 0) is 11.4 Å². The largest absolute Gasteiger partial charge is 0.371 e. The highest BCUT2D eigenvalue weighted by molar-refractivity contribution is 7.25. The van der Waals surface area contributed by atoms with Crippen molar-refractivity contribution in [3.63, 3.8) is 0 Å². The number of aromatic nitrogens is 3. The maximum atomic E-state index is 12.8. The van der Waals surface area contributed by atoms with Crippen LogP contribution in [0.15, 0.2) is 17.3 Å². The molecule has 0 saturated heterocycles. The fourth-order valence-corrected chi connectivity index (χ4v) is 4.18. The SMILES string of the molecule is CCCCC.CCCCn1cnc2c(sc3ncc([N+](=O)OC)c(N(C)C)c32)c1=O. The standard InChI is InChI=1S/C16H20N5O3S.C5H12/c1-5-6-7-20-9-18-12-11-13(19(2)3)10(21(23)24-4)8-17-15(11)25-14(12)16(20)22;1-3-5-4-2/h8-9H,5-7H2,1-4H3;3-5H2,1-2H3/q+1;. The minimum atomic E-state index is -0.0709. The summed E-state index contributed by atoms with van der Waals surface area (Å²) in [5.74, 6) is 0. The van der Waals surface area contributed by atoms with E-state index in [2.05, 4.69) is 30.7 Å². The number of anilines is 1. The molecule has 0 unspecified atom stereocenters. The molecule has 0 bridgehead atoms. The van der Waals surface area contributed by atoms with Crippen molar-refractivity contribution in [3.05, 3.63) is 27.8 Å². The number of hydrogen-bond donors (Lipinski definition) is 0. The van der Waals surface area contributed by atoms with Crippen molar-refractivity contribution in [3.8, 4) is 0 Å². The molecule has 164 valence electrons. The van der Waals surface area contributed by atoms with Gasteiger partial charge in [0.15, 0.2) is 7.11 Å². The Morgan fingerprint density at radius 3 is 2.33 bits per heavy atom. The van der Waals surface area contributed by atoms with Gasteiger partial charge in [0, 0.05) is 20.6 Å². The van der Waals surface area contributed by atoms with Crippen LogP contribution >= 0.6 is 11.3 Å². The molecule has 30 heavy (non-hydrogen) atoms. The maximum absolute atomic E-state index is 12.8. The zero-order valence-electron chi connectivity index (χ0n) is 18.8. The van der Waals surface area contributed by atoms with E-state index in [4.69, 9.17) is 4.84 Å². The first kappa shape index (κ1) is 23.7. The zero-order valence-corrected chi connectivity index (χ0v) is 19.6. The van der Waals surface area contributed by atoms with E-state index in [0.29, 0.717) is 37.6 Å². The number of unbranched alkanes of at least 4 members (excludes halogenated alkanes) is 3. The smallest absolute Gasteiger partial charge is 0.358 e. The molecule has 0 aliphatic heterocycles. The van der Waals surface area contributed by atoms with Gasteiger partial charge < -0.3 is 4.90 Å². The van der Waals surface area contributed by atoms with Gasteiger partial charge in [-0.05, 0) is 6.42 Å². The number of pyridine rings is 1. The third-order valence-corrected chi connectivity index (χ3v) is 5.77. The maximum Gasteiger partial charge on any atom is 0.358 e. The van der Waals surface area contributed by atoms with Crippen LogP contribution in [0.4, 0.5) is 11.4 Å². The molecule has 0 spiro atoms. The van der Waals surface area contributed by atoms with E-state index in [1.54, 1.807) is 15.8 Å². The number of rotatable bonds is 8. The van der Waals surface area contributed by atoms with Gasteiger partial charge in [0.1, 0.15) is 26.9 Å². The van der Waals surface area contributed by atoms with Crippen LogP contribution in [0.5, 0.6) is 0 Å². The van der Waals surface area contributed by atoms with E-state index in [1.807, 2.05) is 14.1 Å². The van der Waals surface area contributed by atoms with E-state index in [-0.39, 0.29) is 11.2 Å². The summed E-state index contributed by atoms with van der Waals surface area (Å²) >= 11 is 1.30. The van der Waals surface area contributed by atoms with Crippen LogP contribution < -0.4 is 10.5 Å². The van der Waals surface area contributed by atoms with Crippen LogP contribution in [0.2, 0.25) is 0 Å². The first-order valence-corrected chi connectivity index (χ1v) is 11.2. The Balaban J connectivity index is 0.000000575. The van der Waals surface area contributed by atoms with Gasteiger partial charge >= 0.3 is 5.69 Å². The number of fused-ring (bicyclic) bond motifs is 3. The molecule has 0 amide bonds. The number of thiophene rings is 1. The Bertz CT molecular complexity index is 1060. The quantitative estimate of drug-likeness (QED) is 0.462. The van der Waals surface area contributed by atoms with Crippen molar-refractivity contribution in [1.82, 2.24) is 14.5 Å². The van der Waals surface area contributed by atoms with Crippen molar-refractivity contribution in [2.45, 2.75) is 59.4 Å². The van der Waals surface area contributed by atoms with Crippen LogP contribution in [0.1, 0.15) is 52.9 Å². The minimum absolute atomic E-state index is 0.0709. The monoisotopic (exact) mass is 434 g/mol. The molecule has 8 nitrogen and oxygen atoms in total. The number of nitrogens with zero attached hydrogens (tertiary/aromatic N) is 5. The molecular weight excluding hydrogens is 402 g/mol. The Labute approximate surface area is 181 Å². The third kappa shape index (κ3) is 4.95. The molecule has 3 aromatic heterocycles. The lowest BCUT2D eigenvalue weighted by Gasteiger charge is -2.12. The lowest BCUT2D eigenvalue weighted by Crippen LogP contribution is -2.19. The molecule has 0 fully saturated rings. The van der Waals surface area contributed by atoms with Gasteiger partial charge in [-0.25, -0.2) is 14.8 Å². The van der Waals surface area contributed by atoms with Crippen molar-refractivity contribution < 1.29 is 9.76 Å². The Kier molecular flexibility index (Phi) is 8.71. The molecule has 3 rings (SSSR count). The highest BCUT2D eigenvalue weighted by Crippen LogP contribution is 2.40. The number of hydrogen-bond acceptors (Lipinski definition) is 7. The molecule has 3 aromatic rings. The second-order valence-corrected chi connectivity index (χ2v) is 8.24. The molecule has 0 aliphatic rings. The first-order valence-electron chi connectivity index (χ1n) is 10.4. The lowest BCUT2D eigenvalue weighted by molar-refractivity contribution is -0.736. The van der Waals surface area contributed by atoms with E-state index in [9.17, 15) is 9.70 Å². The van der Waals surface area contributed by atoms with Gasteiger partial charge in [-0.1, -0.05) is 46.5 Å². The summed E-state index contributed by atoms with van der Waals surface area (Å²) in [5.41, 5.74) is 1.40. The van der Waals surface area contributed by atoms with E-state index in [0.717, 1.165) is 12.8 Å². The second kappa shape index (κ2) is 11.0. The zero-order chi connectivity index (χ0) is 22.3. The first-order chi connectivity index (χ1) is 14.4. The summed E-state index contributed by atoms with van der Waals surface area (Å²) in [5, 5.41) is 0.695. The molecular formula is C21H32N5O3S+. The summed E-state index contributed by atoms with van der Waals surface area (Å²) < 4.78 is 2.18. The molecule has 0 saturated carbocycles. The Morgan fingerprint density at radius 2 is 1.80 bits per heavy atom. The second-order valence-electron chi connectivity index (χ2n) is 7.24. The summed E-state index contributed by atoms with van der Waals surface area (Å²) in [6.45, 7) is 7.15. The number of aryl methyl sites for hydroxylation is 1. The minimum Gasteiger partial charge on any atom is -0.371 e. The topological polar surface area (TPSA) is 80.3 Å². The molecule has 0 N–H and O–H groups in total. The average Bonchev–Trinajstić information content (AvgIpc) is 3.12. The summed E-state index contributed by atoms with van der Waals surface area (Å²) in [6.07, 6.45) is 9.03. The molecule has 0 aliphatic carbocycles. The van der Waals surface area contributed by atoms with Gasteiger partial charge in [-0.2, -0.15) is 0 Å². The van der Waals surface area contributed by atoms with Gasteiger partial charge in [-0.15, -0.1) is 11.3 Å². The van der Waals surface area contributed by atoms with E-state index >= 15 is 0 Å². The van der Waals surface area contributed by atoms with Gasteiger partial charge in [-0.3, -0.25) is 9.36 Å². The van der Waals surface area contributed by atoms with Gasteiger partial charge in [0.05, 0.1) is 16.6 Å². The predicted octanol–water partition coefficient (Wildman–Crippen LogP) is 5.04. The molecule has 0 radical (unpaired) electrons. The van der Waals surface area contributed by atoms with Crippen molar-refractivity contribution in [1.29, 1.82) is 0 Å². The lowest BCUT2D eigenvalue weighted by atomic mass is 10.2. The molecule has 0 atom stereocenters. The van der Waals surface area contributed by atoms with Crippen LogP contribution in [-0.4, -0.2) is 40.7 Å². The highest BCUT2D eigenvalue weighted by Gasteiger charge is 2.28. The van der Waals surface area contributed by atoms with Crippen molar-refractivity contribution in [2.24, 2.45) is 0 Å². The van der Waals surface area contributed by atoms with Gasteiger partial charge in [0.2, 0.25) is 0 Å². The van der Waals surface area contributed by atoms with Crippen molar-refractivity contribution >= 4 is 43.1 Å². The van der Waals surface area contributed by atoms with Crippen molar-refractivity contribution in [2.75, 3.05) is 26.1 Å². The average molecular weight is 435 g/mol.